The third kappa shape index (κ3) is 6.39. The molecular formula is C29H29N3O4. The van der Waals surface area contributed by atoms with Gasteiger partial charge < -0.3 is 20.3 Å². The molecule has 0 saturated carbocycles. The minimum absolute atomic E-state index is 0.0581. The van der Waals surface area contributed by atoms with Crippen LogP contribution < -0.4 is 15.4 Å². The lowest BCUT2D eigenvalue weighted by atomic mass is 9.95. The van der Waals surface area contributed by atoms with E-state index in [9.17, 15) is 14.4 Å². The summed E-state index contributed by atoms with van der Waals surface area (Å²) < 4.78 is 5.21. The molecule has 184 valence electrons. The van der Waals surface area contributed by atoms with Gasteiger partial charge in [-0.2, -0.15) is 0 Å². The van der Waals surface area contributed by atoms with Crippen molar-refractivity contribution in [3.63, 3.8) is 0 Å². The van der Waals surface area contributed by atoms with E-state index in [1.54, 1.807) is 72.7 Å². The summed E-state index contributed by atoms with van der Waals surface area (Å²) in [7, 11) is 1.56. The lowest BCUT2D eigenvalue weighted by molar-refractivity contribution is -0.130. The summed E-state index contributed by atoms with van der Waals surface area (Å²) in [4.78, 5) is 40.2. The highest BCUT2D eigenvalue weighted by Crippen LogP contribution is 2.23. The Kier molecular flexibility index (Phi) is 8.13. The molecular weight excluding hydrogens is 454 g/mol. The van der Waals surface area contributed by atoms with Gasteiger partial charge in [-0.25, -0.2) is 0 Å². The first-order valence-electron chi connectivity index (χ1n) is 11.9. The maximum atomic E-state index is 13.0. The molecule has 1 aliphatic rings. The highest BCUT2D eigenvalue weighted by atomic mass is 16.5. The third-order valence-electron chi connectivity index (χ3n) is 6.15. The second-order valence-electron chi connectivity index (χ2n) is 8.56. The number of methoxy groups -OCH3 is 1. The van der Waals surface area contributed by atoms with E-state index in [1.165, 1.54) is 0 Å². The van der Waals surface area contributed by atoms with Gasteiger partial charge in [0.1, 0.15) is 5.75 Å². The van der Waals surface area contributed by atoms with Gasteiger partial charge in [-0.1, -0.05) is 48.5 Å². The van der Waals surface area contributed by atoms with Crippen LogP contribution in [0.3, 0.4) is 0 Å². The maximum absolute atomic E-state index is 13.0. The largest absolute Gasteiger partial charge is 0.497 e. The van der Waals surface area contributed by atoms with Crippen LogP contribution in [0.1, 0.15) is 28.8 Å². The van der Waals surface area contributed by atoms with Crippen LogP contribution in [-0.4, -0.2) is 42.8 Å². The molecule has 4 rings (SSSR count). The van der Waals surface area contributed by atoms with Crippen LogP contribution in [-0.2, 0) is 9.59 Å². The molecule has 3 aromatic carbocycles. The molecule has 1 aliphatic heterocycles. The van der Waals surface area contributed by atoms with Crippen molar-refractivity contribution in [3.05, 3.63) is 96.1 Å². The first kappa shape index (κ1) is 24.7. The molecule has 2 N–H and O–H groups in total. The molecule has 1 fully saturated rings. The number of anilines is 2. The molecule has 36 heavy (non-hydrogen) atoms. The number of para-hydroxylation sites is 1. The lowest BCUT2D eigenvalue weighted by Gasteiger charge is -2.30. The highest BCUT2D eigenvalue weighted by molar-refractivity contribution is 6.10. The van der Waals surface area contributed by atoms with Crippen molar-refractivity contribution in [2.24, 2.45) is 5.92 Å². The first-order chi connectivity index (χ1) is 17.5. The monoisotopic (exact) mass is 483 g/mol. The Labute approximate surface area is 210 Å². The standard InChI is InChI=1S/C29H29N3O4/c1-36-24-11-7-10-23(20-24)30-29(35)25-12-5-6-13-26(25)31-28(34)22-16-18-32(19-17-22)27(33)15-14-21-8-3-2-4-9-21/h2-15,20,22H,16-19H2,1H3,(H,30,35)(H,31,34)/b15-14+. The quantitative estimate of drug-likeness (QED) is 0.471. The molecule has 0 aliphatic carbocycles. The van der Waals surface area contributed by atoms with E-state index in [-0.39, 0.29) is 23.6 Å². The number of nitrogens with zero attached hydrogens (tertiary/aromatic N) is 1. The van der Waals surface area contributed by atoms with Crippen molar-refractivity contribution >= 4 is 35.2 Å². The van der Waals surface area contributed by atoms with Gasteiger partial charge in [-0.05, 0) is 48.7 Å². The van der Waals surface area contributed by atoms with E-state index in [0.717, 1.165) is 5.56 Å². The fraction of sp³-hybridized carbons (Fsp3) is 0.207. The van der Waals surface area contributed by atoms with Gasteiger partial charge in [0, 0.05) is 36.8 Å². The number of likely N-dealkylation sites (tertiary alicyclic amines) is 1. The zero-order valence-corrected chi connectivity index (χ0v) is 20.1. The SMILES string of the molecule is COc1cccc(NC(=O)c2ccccc2NC(=O)C2CCN(C(=O)/C=C/c3ccccc3)CC2)c1. The lowest BCUT2D eigenvalue weighted by Crippen LogP contribution is -2.40. The number of carbonyl (C=O) groups is 3. The van der Waals surface area contributed by atoms with Crippen LogP contribution in [0, 0.1) is 5.92 Å². The van der Waals surface area contributed by atoms with Gasteiger partial charge in [-0.15, -0.1) is 0 Å². The van der Waals surface area contributed by atoms with Gasteiger partial charge in [-0.3, -0.25) is 14.4 Å². The highest BCUT2D eigenvalue weighted by Gasteiger charge is 2.27. The van der Waals surface area contributed by atoms with Crippen LogP contribution in [0.4, 0.5) is 11.4 Å². The molecule has 0 aromatic heterocycles. The summed E-state index contributed by atoms with van der Waals surface area (Å²) in [6.45, 7) is 1.02. The fourth-order valence-corrected chi connectivity index (χ4v) is 4.12. The number of piperidine rings is 1. The summed E-state index contributed by atoms with van der Waals surface area (Å²) in [5.74, 6) is -0.137. The van der Waals surface area contributed by atoms with E-state index in [4.69, 9.17) is 4.74 Å². The number of ether oxygens (including phenoxy) is 1. The summed E-state index contributed by atoms with van der Waals surface area (Å²) >= 11 is 0. The summed E-state index contributed by atoms with van der Waals surface area (Å²) in [5.41, 5.74) is 2.38. The molecule has 0 atom stereocenters. The number of hydrogen-bond acceptors (Lipinski definition) is 4. The van der Waals surface area contributed by atoms with Crippen LogP contribution in [0.25, 0.3) is 6.08 Å². The van der Waals surface area contributed by atoms with Crippen LogP contribution in [0.5, 0.6) is 5.75 Å². The van der Waals surface area contributed by atoms with Gasteiger partial charge in [0.25, 0.3) is 5.91 Å². The molecule has 7 nitrogen and oxygen atoms in total. The Morgan fingerprint density at radius 2 is 1.61 bits per heavy atom. The average molecular weight is 484 g/mol. The Bertz CT molecular complexity index is 1250. The Morgan fingerprint density at radius 1 is 0.889 bits per heavy atom. The van der Waals surface area contributed by atoms with E-state index in [2.05, 4.69) is 10.6 Å². The molecule has 0 radical (unpaired) electrons. The Hall–Kier alpha value is -4.39. The van der Waals surface area contributed by atoms with E-state index in [1.807, 2.05) is 30.3 Å². The predicted octanol–water partition coefficient (Wildman–Crippen LogP) is 4.84. The maximum Gasteiger partial charge on any atom is 0.257 e. The van der Waals surface area contributed by atoms with E-state index in [0.29, 0.717) is 48.6 Å². The molecule has 0 spiro atoms. The van der Waals surface area contributed by atoms with Gasteiger partial charge in [0.05, 0.1) is 18.4 Å². The Balaban J connectivity index is 1.33. The average Bonchev–Trinajstić information content (AvgIpc) is 2.92. The minimum atomic E-state index is -0.329. The van der Waals surface area contributed by atoms with Crippen molar-refractivity contribution < 1.29 is 19.1 Å². The van der Waals surface area contributed by atoms with Gasteiger partial charge in [0.15, 0.2) is 0 Å². The molecule has 7 heteroatoms. The van der Waals surface area contributed by atoms with Crippen molar-refractivity contribution in [2.75, 3.05) is 30.8 Å². The van der Waals surface area contributed by atoms with Gasteiger partial charge >= 0.3 is 0 Å². The van der Waals surface area contributed by atoms with E-state index >= 15 is 0 Å². The Morgan fingerprint density at radius 3 is 2.36 bits per heavy atom. The number of benzene rings is 3. The minimum Gasteiger partial charge on any atom is -0.497 e. The van der Waals surface area contributed by atoms with Crippen LogP contribution in [0.2, 0.25) is 0 Å². The smallest absolute Gasteiger partial charge is 0.257 e. The number of nitrogens with one attached hydrogen (secondary N) is 2. The molecule has 0 unspecified atom stereocenters. The molecule has 0 bridgehead atoms. The van der Waals surface area contributed by atoms with Crippen LogP contribution in [0.15, 0.2) is 84.9 Å². The van der Waals surface area contributed by atoms with Crippen molar-refractivity contribution in [1.82, 2.24) is 4.90 Å². The predicted molar refractivity (Wildman–Crippen MR) is 141 cm³/mol. The third-order valence-corrected chi connectivity index (χ3v) is 6.15. The molecule has 1 saturated heterocycles. The van der Waals surface area contributed by atoms with Crippen LogP contribution >= 0.6 is 0 Å². The summed E-state index contributed by atoms with van der Waals surface area (Å²) in [6.07, 6.45) is 4.51. The first-order valence-corrected chi connectivity index (χ1v) is 11.9. The topological polar surface area (TPSA) is 87.7 Å². The molecule has 3 amide bonds. The number of hydrogen-bond donors (Lipinski definition) is 2. The fourth-order valence-electron chi connectivity index (χ4n) is 4.12. The van der Waals surface area contributed by atoms with Gasteiger partial charge in [0.2, 0.25) is 11.8 Å². The molecule has 3 aromatic rings. The van der Waals surface area contributed by atoms with Crippen molar-refractivity contribution in [2.45, 2.75) is 12.8 Å². The second-order valence-corrected chi connectivity index (χ2v) is 8.56. The zero-order chi connectivity index (χ0) is 25.3. The molecule has 1 heterocycles. The second kappa shape index (κ2) is 11.8. The number of carbonyl (C=O) groups excluding carboxylic acids is 3. The van der Waals surface area contributed by atoms with Crippen molar-refractivity contribution in [3.8, 4) is 5.75 Å². The summed E-state index contributed by atoms with van der Waals surface area (Å²) in [6, 6.07) is 23.7. The number of amides is 3. The normalized spacial score (nSPS) is 13.9. The zero-order valence-electron chi connectivity index (χ0n) is 20.1. The number of rotatable bonds is 7. The summed E-state index contributed by atoms with van der Waals surface area (Å²) in [5, 5.41) is 5.77. The van der Waals surface area contributed by atoms with Crippen molar-refractivity contribution in [1.29, 1.82) is 0 Å². The van der Waals surface area contributed by atoms with E-state index < -0.39 is 0 Å².